The van der Waals surface area contributed by atoms with Gasteiger partial charge in [-0.05, 0) is 31.5 Å². The summed E-state index contributed by atoms with van der Waals surface area (Å²) < 4.78 is 0. The number of rotatable bonds is 2. The molecule has 1 aromatic carbocycles. The first-order valence-electron chi connectivity index (χ1n) is 5.88. The molecule has 92 valence electrons. The zero-order valence-electron chi connectivity index (χ0n) is 10.4. The zero-order valence-corrected chi connectivity index (χ0v) is 10.4. The molecule has 1 fully saturated rings. The third-order valence-electron chi connectivity index (χ3n) is 3.01. The Morgan fingerprint density at radius 1 is 1.29 bits per heavy atom. The lowest BCUT2D eigenvalue weighted by Crippen LogP contribution is -2.47. The molecule has 3 N–H and O–H groups in total. The Morgan fingerprint density at radius 3 is 2.47 bits per heavy atom. The monoisotopic (exact) mass is 233 g/mol. The van der Waals surface area contributed by atoms with Gasteiger partial charge in [0.05, 0.1) is 6.54 Å². The van der Waals surface area contributed by atoms with E-state index in [4.69, 9.17) is 5.73 Å². The molecule has 0 radical (unpaired) electrons. The highest BCUT2D eigenvalue weighted by molar-refractivity contribution is 5.82. The number of benzene rings is 1. The standard InChI is InChI=1S/C13H19N3O/c1-13(2,14)10-3-5-11(6-4-10)16-8-7-15-12(17)9-16/h3-6H,7-9,14H2,1-2H3,(H,15,17). The van der Waals surface area contributed by atoms with Gasteiger partial charge in [0.2, 0.25) is 5.91 Å². The number of piperazine rings is 1. The fraction of sp³-hybridized carbons (Fsp3) is 0.462. The molecule has 1 aromatic rings. The number of anilines is 1. The van der Waals surface area contributed by atoms with E-state index in [9.17, 15) is 4.79 Å². The van der Waals surface area contributed by atoms with Crippen LogP contribution in [0.25, 0.3) is 0 Å². The summed E-state index contributed by atoms with van der Waals surface area (Å²) in [6.45, 7) is 5.97. The highest BCUT2D eigenvalue weighted by atomic mass is 16.2. The second-order valence-electron chi connectivity index (χ2n) is 5.04. The fourth-order valence-electron chi connectivity index (χ4n) is 1.96. The largest absolute Gasteiger partial charge is 0.360 e. The highest BCUT2D eigenvalue weighted by Gasteiger charge is 2.18. The molecule has 0 saturated carbocycles. The molecule has 2 rings (SSSR count). The topological polar surface area (TPSA) is 58.4 Å². The van der Waals surface area contributed by atoms with Crippen molar-refractivity contribution in [3.05, 3.63) is 29.8 Å². The summed E-state index contributed by atoms with van der Waals surface area (Å²) in [5.41, 5.74) is 7.88. The van der Waals surface area contributed by atoms with E-state index >= 15 is 0 Å². The Morgan fingerprint density at radius 2 is 1.94 bits per heavy atom. The predicted molar refractivity (Wildman–Crippen MR) is 68.9 cm³/mol. The van der Waals surface area contributed by atoms with Crippen LogP contribution in [0.3, 0.4) is 0 Å². The minimum Gasteiger partial charge on any atom is -0.360 e. The molecule has 4 heteroatoms. The first-order valence-corrected chi connectivity index (χ1v) is 5.88. The van der Waals surface area contributed by atoms with Crippen LogP contribution in [0.1, 0.15) is 19.4 Å². The Hall–Kier alpha value is -1.55. The summed E-state index contributed by atoms with van der Waals surface area (Å²) in [6, 6.07) is 8.12. The van der Waals surface area contributed by atoms with Gasteiger partial charge in [-0.15, -0.1) is 0 Å². The van der Waals surface area contributed by atoms with Crippen LogP contribution in [-0.2, 0) is 10.3 Å². The van der Waals surface area contributed by atoms with Gasteiger partial charge in [0.1, 0.15) is 0 Å². The predicted octanol–water partition coefficient (Wildman–Crippen LogP) is 0.817. The smallest absolute Gasteiger partial charge is 0.239 e. The average Bonchev–Trinajstić information content (AvgIpc) is 2.28. The van der Waals surface area contributed by atoms with E-state index in [2.05, 4.69) is 10.2 Å². The first kappa shape index (κ1) is 11.9. The molecule has 0 atom stereocenters. The molecule has 1 aliphatic rings. The second-order valence-corrected chi connectivity index (χ2v) is 5.04. The Labute approximate surface area is 102 Å². The maximum atomic E-state index is 11.3. The van der Waals surface area contributed by atoms with Gasteiger partial charge in [-0.2, -0.15) is 0 Å². The van der Waals surface area contributed by atoms with Crippen LogP contribution in [0.4, 0.5) is 5.69 Å². The van der Waals surface area contributed by atoms with Crippen molar-refractivity contribution in [2.45, 2.75) is 19.4 Å². The summed E-state index contributed by atoms with van der Waals surface area (Å²) in [4.78, 5) is 13.4. The average molecular weight is 233 g/mol. The van der Waals surface area contributed by atoms with Crippen LogP contribution in [-0.4, -0.2) is 25.5 Å². The Kier molecular flexibility index (Phi) is 3.07. The quantitative estimate of drug-likeness (QED) is 0.795. The molecule has 0 bridgehead atoms. The third kappa shape index (κ3) is 2.77. The van der Waals surface area contributed by atoms with Crippen molar-refractivity contribution in [1.82, 2.24) is 5.32 Å². The molecule has 0 aromatic heterocycles. The van der Waals surface area contributed by atoms with Crippen molar-refractivity contribution in [3.63, 3.8) is 0 Å². The summed E-state index contributed by atoms with van der Waals surface area (Å²) in [5.74, 6) is 0.0829. The van der Waals surface area contributed by atoms with Crippen LogP contribution in [0.5, 0.6) is 0 Å². The molecule has 0 aliphatic carbocycles. The normalized spacial score (nSPS) is 16.9. The zero-order chi connectivity index (χ0) is 12.5. The number of nitrogens with one attached hydrogen (secondary N) is 1. The van der Waals surface area contributed by atoms with E-state index in [1.807, 2.05) is 38.1 Å². The lowest BCUT2D eigenvalue weighted by Gasteiger charge is -2.29. The van der Waals surface area contributed by atoms with E-state index in [-0.39, 0.29) is 11.4 Å². The Balaban J connectivity index is 2.15. The minimum absolute atomic E-state index is 0.0829. The lowest BCUT2D eigenvalue weighted by atomic mass is 9.95. The number of carbonyl (C=O) groups is 1. The van der Waals surface area contributed by atoms with Gasteiger partial charge in [-0.1, -0.05) is 12.1 Å². The van der Waals surface area contributed by atoms with Gasteiger partial charge in [-0.3, -0.25) is 4.79 Å². The molecule has 17 heavy (non-hydrogen) atoms. The third-order valence-corrected chi connectivity index (χ3v) is 3.01. The summed E-state index contributed by atoms with van der Waals surface area (Å²) in [5, 5.41) is 2.82. The van der Waals surface area contributed by atoms with Crippen molar-refractivity contribution >= 4 is 11.6 Å². The van der Waals surface area contributed by atoms with Crippen molar-refractivity contribution < 1.29 is 4.79 Å². The van der Waals surface area contributed by atoms with E-state index in [1.165, 1.54) is 0 Å². The van der Waals surface area contributed by atoms with Gasteiger partial charge in [0.25, 0.3) is 0 Å². The van der Waals surface area contributed by atoms with Crippen LogP contribution >= 0.6 is 0 Å². The van der Waals surface area contributed by atoms with E-state index in [1.54, 1.807) is 0 Å². The molecule has 0 spiro atoms. The number of hydrogen-bond donors (Lipinski definition) is 2. The maximum absolute atomic E-state index is 11.3. The van der Waals surface area contributed by atoms with Crippen molar-refractivity contribution in [1.29, 1.82) is 0 Å². The van der Waals surface area contributed by atoms with Crippen LogP contribution in [0.2, 0.25) is 0 Å². The van der Waals surface area contributed by atoms with Gasteiger partial charge in [0.15, 0.2) is 0 Å². The Bertz CT molecular complexity index is 406. The van der Waals surface area contributed by atoms with E-state index in [0.717, 1.165) is 17.8 Å². The first-order chi connectivity index (χ1) is 7.97. The summed E-state index contributed by atoms with van der Waals surface area (Å²) in [6.07, 6.45) is 0. The minimum atomic E-state index is -0.322. The highest BCUT2D eigenvalue weighted by Crippen LogP contribution is 2.21. The van der Waals surface area contributed by atoms with Gasteiger partial charge < -0.3 is 16.0 Å². The SMILES string of the molecule is CC(C)(N)c1ccc(N2CCNC(=O)C2)cc1. The molecular weight excluding hydrogens is 214 g/mol. The van der Waals surface area contributed by atoms with Gasteiger partial charge in [-0.25, -0.2) is 0 Å². The van der Waals surface area contributed by atoms with Crippen LogP contribution in [0.15, 0.2) is 24.3 Å². The fourth-order valence-corrected chi connectivity index (χ4v) is 1.96. The molecular formula is C13H19N3O. The van der Waals surface area contributed by atoms with E-state index < -0.39 is 0 Å². The van der Waals surface area contributed by atoms with Crippen molar-refractivity contribution in [2.24, 2.45) is 5.73 Å². The number of amides is 1. The molecule has 1 heterocycles. The molecule has 0 unspecified atom stereocenters. The molecule has 1 saturated heterocycles. The molecule has 1 aliphatic heterocycles. The van der Waals surface area contributed by atoms with E-state index in [0.29, 0.717) is 13.1 Å². The molecule has 1 amide bonds. The van der Waals surface area contributed by atoms with Gasteiger partial charge >= 0.3 is 0 Å². The van der Waals surface area contributed by atoms with Crippen LogP contribution in [0, 0.1) is 0 Å². The number of hydrogen-bond acceptors (Lipinski definition) is 3. The second kappa shape index (κ2) is 4.37. The number of nitrogens with zero attached hydrogens (tertiary/aromatic N) is 1. The van der Waals surface area contributed by atoms with Crippen LogP contribution < -0.4 is 16.0 Å². The lowest BCUT2D eigenvalue weighted by molar-refractivity contribution is -0.120. The number of carbonyl (C=O) groups excluding carboxylic acids is 1. The summed E-state index contributed by atoms with van der Waals surface area (Å²) in [7, 11) is 0. The van der Waals surface area contributed by atoms with Crippen molar-refractivity contribution in [3.8, 4) is 0 Å². The molecule has 4 nitrogen and oxygen atoms in total. The van der Waals surface area contributed by atoms with Crippen molar-refractivity contribution in [2.75, 3.05) is 24.5 Å². The summed E-state index contributed by atoms with van der Waals surface area (Å²) >= 11 is 0. The maximum Gasteiger partial charge on any atom is 0.239 e. The van der Waals surface area contributed by atoms with Gasteiger partial charge in [0, 0.05) is 24.3 Å². The number of nitrogens with two attached hydrogens (primary N) is 1.